The van der Waals surface area contributed by atoms with E-state index < -0.39 is 18.0 Å². The van der Waals surface area contributed by atoms with E-state index in [4.69, 9.17) is 4.74 Å². The van der Waals surface area contributed by atoms with Crippen molar-refractivity contribution >= 4 is 28.7 Å². The first-order valence-electron chi connectivity index (χ1n) is 7.69. The molecule has 126 valence electrons. The molecule has 0 radical (unpaired) electrons. The van der Waals surface area contributed by atoms with E-state index in [1.165, 1.54) is 13.1 Å². The summed E-state index contributed by atoms with van der Waals surface area (Å²) in [6.07, 6.45) is 1.97. The van der Waals surface area contributed by atoms with Crippen molar-refractivity contribution in [2.45, 2.75) is 20.0 Å². The Bertz CT molecular complexity index is 925. The van der Waals surface area contributed by atoms with Gasteiger partial charge < -0.3 is 10.1 Å². The molecule has 0 bridgehead atoms. The molecular weight excluding hydrogens is 320 g/mol. The Balaban J connectivity index is 1.66. The van der Waals surface area contributed by atoms with Crippen LogP contribution in [0, 0.1) is 6.92 Å². The normalized spacial score (nSPS) is 11.8. The van der Waals surface area contributed by atoms with E-state index in [-0.39, 0.29) is 5.69 Å². The summed E-state index contributed by atoms with van der Waals surface area (Å²) >= 11 is 0. The van der Waals surface area contributed by atoms with E-state index in [1.807, 2.05) is 19.1 Å². The number of carbonyl (C=O) groups excluding carboxylic acids is 2. The molecule has 1 aromatic carbocycles. The molecule has 0 spiro atoms. The van der Waals surface area contributed by atoms with Gasteiger partial charge in [-0.3, -0.25) is 9.78 Å². The van der Waals surface area contributed by atoms with Gasteiger partial charge in [0.25, 0.3) is 5.91 Å². The number of pyridine rings is 1. The molecule has 3 aromatic rings. The third-order valence-corrected chi connectivity index (χ3v) is 3.47. The number of anilines is 1. The van der Waals surface area contributed by atoms with Crippen molar-refractivity contribution in [3.05, 3.63) is 60.0 Å². The highest BCUT2D eigenvalue weighted by Crippen LogP contribution is 2.11. The fourth-order valence-electron chi connectivity index (χ4n) is 2.10. The minimum atomic E-state index is -0.996. The molecular formula is C18H16N4O3. The highest BCUT2D eigenvalue weighted by molar-refractivity contribution is 5.96. The summed E-state index contributed by atoms with van der Waals surface area (Å²) in [7, 11) is 0. The quantitative estimate of drug-likeness (QED) is 0.736. The number of hydrogen-bond acceptors (Lipinski definition) is 6. The average Bonchev–Trinajstić information content (AvgIpc) is 2.63. The SMILES string of the molecule is Cc1ccc(NC(=O)C(C)OC(=O)c2cnc3ccccc3n2)nc1. The van der Waals surface area contributed by atoms with E-state index in [1.54, 1.807) is 30.5 Å². The van der Waals surface area contributed by atoms with Gasteiger partial charge in [-0.15, -0.1) is 0 Å². The lowest BCUT2D eigenvalue weighted by Gasteiger charge is -2.13. The number of ether oxygens (including phenoxy) is 1. The minimum Gasteiger partial charge on any atom is -0.448 e. The monoisotopic (exact) mass is 336 g/mol. The number of hydrogen-bond donors (Lipinski definition) is 1. The first kappa shape index (κ1) is 16.5. The highest BCUT2D eigenvalue weighted by Gasteiger charge is 2.20. The fourth-order valence-corrected chi connectivity index (χ4v) is 2.10. The van der Waals surface area contributed by atoms with Crippen LogP contribution in [-0.4, -0.2) is 32.9 Å². The zero-order valence-electron chi connectivity index (χ0n) is 13.8. The van der Waals surface area contributed by atoms with Gasteiger partial charge in [0, 0.05) is 6.20 Å². The number of amides is 1. The molecule has 25 heavy (non-hydrogen) atoms. The molecule has 0 saturated heterocycles. The molecule has 1 amide bonds. The van der Waals surface area contributed by atoms with Crippen molar-refractivity contribution in [1.29, 1.82) is 0 Å². The number of rotatable bonds is 4. The van der Waals surface area contributed by atoms with E-state index in [9.17, 15) is 9.59 Å². The van der Waals surface area contributed by atoms with Gasteiger partial charge >= 0.3 is 5.97 Å². The maximum absolute atomic E-state index is 12.2. The van der Waals surface area contributed by atoms with Gasteiger partial charge in [0.2, 0.25) is 0 Å². The second-order valence-electron chi connectivity index (χ2n) is 5.50. The summed E-state index contributed by atoms with van der Waals surface area (Å²) in [5.41, 5.74) is 2.28. The number of fused-ring (bicyclic) bond motifs is 1. The molecule has 2 heterocycles. The Hall–Kier alpha value is -3.35. The summed E-state index contributed by atoms with van der Waals surface area (Å²) in [6, 6.07) is 10.7. The molecule has 2 aromatic heterocycles. The Labute approximate surface area is 144 Å². The fraction of sp³-hybridized carbons (Fsp3) is 0.167. The Morgan fingerprint density at radius 3 is 2.52 bits per heavy atom. The lowest BCUT2D eigenvalue weighted by molar-refractivity contribution is -0.123. The smallest absolute Gasteiger partial charge is 0.359 e. The maximum Gasteiger partial charge on any atom is 0.359 e. The van der Waals surface area contributed by atoms with E-state index >= 15 is 0 Å². The van der Waals surface area contributed by atoms with Gasteiger partial charge in [-0.1, -0.05) is 18.2 Å². The largest absolute Gasteiger partial charge is 0.448 e. The molecule has 0 fully saturated rings. The molecule has 0 aliphatic carbocycles. The van der Waals surface area contributed by atoms with Gasteiger partial charge in [0.1, 0.15) is 5.82 Å². The van der Waals surface area contributed by atoms with Gasteiger partial charge in [0.05, 0.1) is 17.2 Å². The maximum atomic E-state index is 12.2. The van der Waals surface area contributed by atoms with Crippen molar-refractivity contribution < 1.29 is 14.3 Å². The number of nitrogens with zero attached hydrogens (tertiary/aromatic N) is 3. The van der Waals surface area contributed by atoms with Crippen LogP contribution >= 0.6 is 0 Å². The molecule has 0 saturated carbocycles. The molecule has 7 nitrogen and oxygen atoms in total. The third-order valence-electron chi connectivity index (χ3n) is 3.47. The van der Waals surface area contributed by atoms with Crippen molar-refractivity contribution in [2.75, 3.05) is 5.32 Å². The van der Waals surface area contributed by atoms with Crippen molar-refractivity contribution in [3.8, 4) is 0 Å². The number of para-hydroxylation sites is 2. The Morgan fingerprint density at radius 2 is 1.80 bits per heavy atom. The summed E-state index contributed by atoms with van der Waals surface area (Å²) in [5, 5.41) is 2.59. The van der Waals surface area contributed by atoms with Crippen LogP contribution in [0.4, 0.5) is 5.82 Å². The van der Waals surface area contributed by atoms with Crippen LogP contribution in [0.15, 0.2) is 48.8 Å². The molecule has 3 rings (SSSR count). The predicted octanol–water partition coefficient (Wildman–Crippen LogP) is 2.52. The van der Waals surface area contributed by atoms with Gasteiger partial charge in [-0.2, -0.15) is 0 Å². The number of aromatic nitrogens is 3. The molecule has 1 unspecified atom stereocenters. The molecule has 1 N–H and O–H groups in total. The van der Waals surface area contributed by atoms with Crippen LogP contribution in [0.1, 0.15) is 23.0 Å². The van der Waals surface area contributed by atoms with Gasteiger partial charge in [-0.25, -0.2) is 14.8 Å². The topological polar surface area (TPSA) is 94.1 Å². The molecule has 0 aliphatic rings. The lowest BCUT2D eigenvalue weighted by atomic mass is 10.3. The van der Waals surface area contributed by atoms with E-state index in [2.05, 4.69) is 20.3 Å². The van der Waals surface area contributed by atoms with Crippen LogP contribution in [0.5, 0.6) is 0 Å². The highest BCUT2D eigenvalue weighted by atomic mass is 16.5. The average molecular weight is 336 g/mol. The second kappa shape index (κ2) is 7.04. The van der Waals surface area contributed by atoms with Crippen molar-refractivity contribution in [2.24, 2.45) is 0 Å². The molecule has 1 atom stereocenters. The van der Waals surface area contributed by atoms with E-state index in [0.29, 0.717) is 16.9 Å². The Kier molecular flexibility index (Phi) is 4.65. The summed E-state index contributed by atoms with van der Waals surface area (Å²) in [5.74, 6) is -0.791. The van der Waals surface area contributed by atoms with E-state index in [0.717, 1.165) is 5.56 Å². The third kappa shape index (κ3) is 3.95. The minimum absolute atomic E-state index is 0.0480. The van der Waals surface area contributed by atoms with Crippen molar-refractivity contribution in [3.63, 3.8) is 0 Å². The second-order valence-corrected chi connectivity index (χ2v) is 5.50. The molecule has 7 heteroatoms. The first-order chi connectivity index (χ1) is 12.0. The molecule has 0 aliphatic heterocycles. The number of nitrogens with one attached hydrogen (secondary N) is 1. The van der Waals surface area contributed by atoms with Crippen LogP contribution < -0.4 is 5.32 Å². The van der Waals surface area contributed by atoms with Crippen LogP contribution in [0.3, 0.4) is 0 Å². The number of esters is 1. The summed E-state index contributed by atoms with van der Waals surface area (Å²) < 4.78 is 5.16. The summed E-state index contributed by atoms with van der Waals surface area (Å²) in [4.78, 5) is 36.7. The van der Waals surface area contributed by atoms with Gasteiger partial charge in [-0.05, 0) is 37.6 Å². The number of aryl methyl sites for hydroxylation is 1. The standard InChI is InChI=1S/C18H16N4O3/c1-11-7-8-16(20-9-11)22-17(23)12(2)25-18(24)15-10-19-13-5-3-4-6-14(13)21-15/h3-10,12H,1-2H3,(H,20,22,23). The zero-order chi connectivity index (χ0) is 17.8. The zero-order valence-corrected chi connectivity index (χ0v) is 13.8. The predicted molar refractivity (Wildman–Crippen MR) is 92.0 cm³/mol. The van der Waals surface area contributed by atoms with Crippen molar-refractivity contribution in [1.82, 2.24) is 15.0 Å². The first-order valence-corrected chi connectivity index (χ1v) is 7.69. The lowest BCUT2D eigenvalue weighted by Crippen LogP contribution is -2.30. The van der Waals surface area contributed by atoms with Crippen LogP contribution in [0.25, 0.3) is 11.0 Å². The van der Waals surface area contributed by atoms with Crippen LogP contribution in [0.2, 0.25) is 0 Å². The number of carbonyl (C=O) groups is 2. The van der Waals surface area contributed by atoms with Crippen LogP contribution in [-0.2, 0) is 9.53 Å². The van der Waals surface area contributed by atoms with Gasteiger partial charge in [0.15, 0.2) is 11.8 Å². The summed E-state index contributed by atoms with van der Waals surface area (Å²) in [6.45, 7) is 3.38. The number of benzene rings is 1. The Morgan fingerprint density at radius 1 is 1.04 bits per heavy atom.